The molecule has 4 heteroatoms. The highest BCUT2D eigenvalue weighted by atomic mass is 16.2. The van der Waals surface area contributed by atoms with Crippen LogP contribution in [-0.2, 0) is 16.0 Å². The summed E-state index contributed by atoms with van der Waals surface area (Å²) in [6, 6.07) is 10.3. The van der Waals surface area contributed by atoms with Gasteiger partial charge in [-0.2, -0.15) is 0 Å². The van der Waals surface area contributed by atoms with Gasteiger partial charge in [0.2, 0.25) is 11.8 Å². The molecule has 26 heavy (non-hydrogen) atoms. The van der Waals surface area contributed by atoms with Crippen molar-refractivity contribution in [1.29, 1.82) is 0 Å². The van der Waals surface area contributed by atoms with Crippen LogP contribution in [0.1, 0.15) is 50.5 Å². The number of hydrogen-bond acceptors (Lipinski definition) is 2. The molecular weight excluding hydrogens is 324 g/mol. The fourth-order valence-electron chi connectivity index (χ4n) is 5.96. The molecule has 1 aromatic rings. The van der Waals surface area contributed by atoms with E-state index in [1.807, 2.05) is 18.2 Å². The number of nitrogens with one attached hydrogen (secondary N) is 2. The molecule has 2 amide bonds. The van der Waals surface area contributed by atoms with Crippen LogP contribution in [0.25, 0.3) is 0 Å². The Morgan fingerprint density at radius 1 is 0.923 bits per heavy atom. The maximum Gasteiger partial charge on any atom is 0.239 e. The van der Waals surface area contributed by atoms with E-state index in [-0.39, 0.29) is 23.8 Å². The van der Waals surface area contributed by atoms with Crippen LogP contribution in [0.3, 0.4) is 0 Å². The molecule has 4 aliphatic carbocycles. The Morgan fingerprint density at radius 2 is 1.54 bits per heavy atom. The first-order valence-corrected chi connectivity index (χ1v) is 10.2. The minimum atomic E-state index is -0.164. The lowest BCUT2D eigenvalue weighted by Crippen LogP contribution is -2.54. The fourth-order valence-corrected chi connectivity index (χ4v) is 5.96. The predicted molar refractivity (Wildman–Crippen MR) is 101 cm³/mol. The van der Waals surface area contributed by atoms with Crippen molar-refractivity contribution in [3.63, 3.8) is 0 Å². The van der Waals surface area contributed by atoms with E-state index in [1.54, 1.807) is 0 Å². The van der Waals surface area contributed by atoms with Crippen molar-refractivity contribution in [3.8, 4) is 0 Å². The van der Waals surface area contributed by atoms with E-state index in [2.05, 4.69) is 22.8 Å². The molecule has 0 atom stereocenters. The number of amides is 2. The second-order valence-electron chi connectivity index (χ2n) is 8.82. The zero-order valence-electron chi connectivity index (χ0n) is 15.5. The van der Waals surface area contributed by atoms with Crippen LogP contribution in [0.2, 0.25) is 0 Å². The van der Waals surface area contributed by atoms with Gasteiger partial charge in [0.15, 0.2) is 0 Å². The molecule has 1 aromatic carbocycles. The first-order valence-electron chi connectivity index (χ1n) is 10.2. The maximum absolute atomic E-state index is 12.8. The molecule has 4 bridgehead atoms. The summed E-state index contributed by atoms with van der Waals surface area (Å²) in [5.74, 6) is 2.31. The van der Waals surface area contributed by atoms with Gasteiger partial charge in [0, 0.05) is 12.0 Å². The smallest absolute Gasteiger partial charge is 0.239 e. The Hall–Kier alpha value is -1.84. The molecule has 4 fully saturated rings. The van der Waals surface area contributed by atoms with E-state index in [9.17, 15) is 9.59 Å². The van der Waals surface area contributed by atoms with Crippen LogP contribution in [0, 0.1) is 23.2 Å². The fraction of sp³-hybridized carbons (Fsp3) is 0.636. The van der Waals surface area contributed by atoms with Crippen molar-refractivity contribution in [2.45, 2.75) is 51.4 Å². The summed E-state index contributed by atoms with van der Waals surface area (Å²) in [7, 11) is 0. The van der Waals surface area contributed by atoms with Gasteiger partial charge >= 0.3 is 0 Å². The van der Waals surface area contributed by atoms with Gasteiger partial charge in [0.1, 0.15) is 0 Å². The van der Waals surface area contributed by atoms with Crippen molar-refractivity contribution in [2.75, 3.05) is 13.1 Å². The molecule has 4 aliphatic rings. The van der Waals surface area contributed by atoms with Crippen LogP contribution < -0.4 is 10.6 Å². The normalized spacial score (nSPS) is 31.6. The number of benzene rings is 1. The van der Waals surface area contributed by atoms with Gasteiger partial charge in [-0.05, 0) is 74.7 Å². The molecule has 4 saturated carbocycles. The van der Waals surface area contributed by atoms with E-state index in [4.69, 9.17) is 0 Å². The van der Waals surface area contributed by atoms with E-state index in [1.165, 1.54) is 24.8 Å². The molecule has 0 spiro atoms. The highest BCUT2D eigenvalue weighted by Gasteiger charge is 2.54. The molecule has 0 unspecified atom stereocenters. The van der Waals surface area contributed by atoms with Crippen LogP contribution in [0.4, 0.5) is 0 Å². The lowest BCUT2D eigenvalue weighted by Gasteiger charge is -2.55. The molecule has 0 aliphatic heterocycles. The first kappa shape index (κ1) is 17.6. The van der Waals surface area contributed by atoms with Gasteiger partial charge in [-0.25, -0.2) is 0 Å². The first-order chi connectivity index (χ1) is 12.6. The third-order valence-corrected chi connectivity index (χ3v) is 6.74. The van der Waals surface area contributed by atoms with Gasteiger partial charge in [-0.1, -0.05) is 30.3 Å². The monoisotopic (exact) mass is 354 g/mol. The summed E-state index contributed by atoms with van der Waals surface area (Å²) >= 11 is 0. The molecular formula is C22H30N2O2. The standard InChI is InChI=1S/C22H30N2O2/c25-20(23-8-4-7-16-5-2-1-3-6-16)15-24-21(26)22-12-17-9-18(13-22)11-19(10-17)14-22/h1-3,5-6,17-19H,4,7-15H2,(H,23,25)(H,24,26). The van der Waals surface area contributed by atoms with Gasteiger partial charge < -0.3 is 10.6 Å². The molecule has 0 saturated heterocycles. The predicted octanol–water partition coefficient (Wildman–Crippen LogP) is 3.07. The Balaban J connectivity index is 1.18. The molecule has 0 aromatic heterocycles. The summed E-state index contributed by atoms with van der Waals surface area (Å²) in [5, 5.41) is 5.88. The zero-order chi connectivity index (χ0) is 18.0. The minimum absolute atomic E-state index is 0.0730. The number of hydrogen-bond donors (Lipinski definition) is 2. The Bertz CT molecular complexity index is 620. The second-order valence-corrected chi connectivity index (χ2v) is 8.82. The van der Waals surface area contributed by atoms with Crippen molar-refractivity contribution in [2.24, 2.45) is 23.2 Å². The number of carbonyl (C=O) groups excluding carboxylic acids is 2. The molecule has 4 nitrogen and oxygen atoms in total. The third kappa shape index (κ3) is 3.79. The molecule has 0 heterocycles. The maximum atomic E-state index is 12.8. The van der Waals surface area contributed by atoms with Gasteiger partial charge in [-0.3, -0.25) is 9.59 Å². The average molecular weight is 354 g/mol. The SMILES string of the molecule is O=C(CNC(=O)C12CC3CC(CC(C3)C1)C2)NCCCc1ccccc1. The second kappa shape index (κ2) is 7.42. The Labute approximate surface area is 156 Å². The van der Waals surface area contributed by atoms with Crippen molar-refractivity contribution in [3.05, 3.63) is 35.9 Å². The van der Waals surface area contributed by atoms with Crippen LogP contribution >= 0.6 is 0 Å². The Kier molecular flexibility index (Phi) is 5.01. The van der Waals surface area contributed by atoms with Gasteiger partial charge in [0.25, 0.3) is 0 Å². The van der Waals surface area contributed by atoms with E-state index in [0.717, 1.165) is 49.9 Å². The van der Waals surface area contributed by atoms with E-state index in [0.29, 0.717) is 6.54 Å². The number of carbonyl (C=O) groups is 2. The summed E-state index contributed by atoms with van der Waals surface area (Å²) in [5.41, 5.74) is 1.12. The van der Waals surface area contributed by atoms with Crippen molar-refractivity contribution in [1.82, 2.24) is 10.6 Å². The molecule has 140 valence electrons. The molecule has 2 N–H and O–H groups in total. The van der Waals surface area contributed by atoms with Crippen LogP contribution in [0.15, 0.2) is 30.3 Å². The van der Waals surface area contributed by atoms with Crippen LogP contribution in [-0.4, -0.2) is 24.9 Å². The van der Waals surface area contributed by atoms with Crippen molar-refractivity contribution >= 4 is 11.8 Å². The quantitative estimate of drug-likeness (QED) is 0.740. The molecule has 0 radical (unpaired) electrons. The van der Waals surface area contributed by atoms with Crippen LogP contribution in [0.5, 0.6) is 0 Å². The summed E-state index contributed by atoms with van der Waals surface area (Å²) in [6.45, 7) is 0.771. The van der Waals surface area contributed by atoms with Gasteiger partial charge in [-0.15, -0.1) is 0 Å². The van der Waals surface area contributed by atoms with Gasteiger partial charge in [0.05, 0.1) is 6.54 Å². The Morgan fingerprint density at radius 3 is 2.15 bits per heavy atom. The lowest BCUT2D eigenvalue weighted by molar-refractivity contribution is -0.147. The van der Waals surface area contributed by atoms with Crippen molar-refractivity contribution < 1.29 is 9.59 Å². The highest BCUT2D eigenvalue weighted by molar-refractivity contribution is 5.88. The van der Waals surface area contributed by atoms with E-state index < -0.39 is 0 Å². The zero-order valence-corrected chi connectivity index (χ0v) is 15.5. The third-order valence-electron chi connectivity index (χ3n) is 6.74. The molecule has 5 rings (SSSR count). The van der Waals surface area contributed by atoms with E-state index >= 15 is 0 Å². The topological polar surface area (TPSA) is 58.2 Å². The summed E-state index contributed by atoms with van der Waals surface area (Å²) in [6.07, 6.45) is 8.99. The number of rotatable bonds is 7. The summed E-state index contributed by atoms with van der Waals surface area (Å²) in [4.78, 5) is 24.9. The minimum Gasteiger partial charge on any atom is -0.355 e. The largest absolute Gasteiger partial charge is 0.355 e. The lowest BCUT2D eigenvalue weighted by atomic mass is 9.49. The number of aryl methyl sites for hydroxylation is 1. The average Bonchev–Trinajstić information content (AvgIpc) is 2.63. The summed E-state index contributed by atoms with van der Waals surface area (Å²) < 4.78 is 0. The highest BCUT2D eigenvalue weighted by Crippen LogP contribution is 2.60.